The molecule has 108 valence electrons. The molecule has 7 nitrogen and oxygen atoms in total. The van der Waals surface area contributed by atoms with Crippen molar-refractivity contribution in [3.63, 3.8) is 0 Å². The zero-order valence-electron chi connectivity index (χ0n) is 11.8. The number of tetrazole rings is 1. The Morgan fingerprint density at radius 3 is 2.67 bits per heavy atom. The van der Waals surface area contributed by atoms with Crippen LogP contribution in [-0.2, 0) is 13.0 Å². The summed E-state index contributed by atoms with van der Waals surface area (Å²) in [7, 11) is 2.11. The van der Waals surface area contributed by atoms with E-state index in [9.17, 15) is 0 Å². The normalized spacial score (nSPS) is 11.1. The molecule has 0 aliphatic carbocycles. The van der Waals surface area contributed by atoms with E-state index in [0.29, 0.717) is 5.82 Å². The maximum atomic E-state index is 3.97. The van der Waals surface area contributed by atoms with Gasteiger partial charge in [0.05, 0.1) is 0 Å². The van der Waals surface area contributed by atoms with E-state index >= 15 is 0 Å². The topological polar surface area (TPSA) is 86.4 Å². The van der Waals surface area contributed by atoms with Gasteiger partial charge in [0.1, 0.15) is 0 Å². The Bertz CT molecular complexity index is 643. The SMILES string of the molecule is CN(CCc1ccc(-c2nn[nH]n2)cc1)Cc1ccn[nH]1. The van der Waals surface area contributed by atoms with Crippen molar-refractivity contribution in [1.29, 1.82) is 0 Å². The van der Waals surface area contributed by atoms with Gasteiger partial charge in [0, 0.05) is 30.5 Å². The average molecular weight is 283 g/mol. The molecule has 0 aliphatic heterocycles. The first-order valence-corrected chi connectivity index (χ1v) is 6.81. The molecule has 2 aromatic heterocycles. The van der Waals surface area contributed by atoms with Gasteiger partial charge in [-0.05, 0) is 30.3 Å². The number of benzene rings is 1. The van der Waals surface area contributed by atoms with E-state index in [0.717, 1.165) is 30.8 Å². The Morgan fingerprint density at radius 2 is 2.00 bits per heavy atom. The van der Waals surface area contributed by atoms with Crippen LogP contribution in [0.4, 0.5) is 0 Å². The number of hydrogen-bond acceptors (Lipinski definition) is 5. The molecule has 0 atom stereocenters. The van der Waals surface area contributed by atoms with Gasteiger partial charge in [-0.3, -0.25) is 5.10 Å². The lowest BCUT2D eigenvalue weighted by atomic mass is 10.1. The van der Waals surface area contributed by atoms with Crippen LogP contribution < -0.4 is 0 Å². The monoisotopic (exact) mass is 283 g/mol. The standard InChI is InChI=1S/C14H17N7/c1-21(10-13-6-8-15-16-13)9-7-11-2-4-12(5-3-11)14-17-19-20-18-14/h2-6,8H,7,9-10H2,1H3,(H,15,16)(H,17,18,19,20). The molecular formula is C14H17N7. The molecule has 1 aromatic carbocycles. The highest BCUT2D eigenvalue weighted by Gasteiger charge is 2.04. The number of likely N-dealkylation sites (N-methyl/N-ethyl adjacent to an activating group) is 1. The quantitative estimate of drug-likeness (QED) is 0.711. The van der Waals surface area contributed by atoms with Gasteiger partial charge in [0.15, 0.2) is 0 Å². The Morgan fingerprint density at radius 1 is 1.14 bits per heavy atom. The highest BCUT2D eigenvalue weighted by molar-refractivity contribution is 5.54. The summed E-state index contributed by atoms with van der Waals surface area (Å²) in [4.78, 5) is 2.26. The van der Waals surface area contributed by atoms with Gasteiger partial charge >= 0.3 is 0 Å². The summed E-state index contributed by atoms with van der Waals surface area (Å²) in [5.41, 5.74) is 3.39. The summed E-state index contributed by atoms with van der Waals surface area (Å²) in [6, 6.07) is 10.3. The van der Waals surface area contributed by atoms with Gasteiger partial charge in [-0.2, -0.15) is 10.3 Å². The fourth-order valence-electron chi connectivity index (χ4n) is 2.17. The highest BCUT2D eigenvalue weighted by Crippen LogP contribution is 2.14. The van der Waals surface area contributed by atoms with Crippen molar-refractivity contribution in [1.82, 2.24) is 35.7 Å². The molecule has 3 aromatic rings. The molecular weight excluding hydrogens is 266 g/mol. The molecule has 2 N–H and O–H groups in total. The van der Waals surface area contributed by atoms with Crippen molar-refractivity contribution >= 4 is 0 Å². The van der Waals surface area contributed by atoms with Crippen LogP contribution >= 0.6 is 0 Å². The summed E-state index contributed by atoms with van der Waals surface area (Å²) < 4.78 is 0. The van der Waals surface area contributed by atoms with Crippen LogP contribution in [0.2, 0.25) is 0 Å². The fourth-order valence-corrected chi connectivity index (χ4v) is 2.17. The molecule has 0 aliphatic rings. The van der Waals surface area contributed by atoms with Gasteiger partial charge in [-0.25, -0.2) is 0 Å². The number of aromatic amines is 2. The van der Waals surface area contributed by atoms with Crippen molar-refractivity contribution in [2.24, 2.45) is 0 Å². The Labute approximate surface area is 122 Å². The maximum Gasteiger partial charge on any atom is 0.204 e. The number of rotatable bonds is 6. The lowest BCUT2D eigenvalue weighted by Crippen LogP contribution is -2.20. The van der Waals surface area contributed by atoms with Crippen LogP contribution in [0, 0.1) is 0 Å². The molecule has 21 heavy (non-hydrogen) atoms. The van der Waals surface area contributed by atoms with E-state index in [1.54, 1.807) is 6.20 Å². The fraction of sp³-hybridized carbons (Fsp3) is 0.286. The van der Waals surface area contributed by atoms with E-state index in [2.05, 4.69) is 54.9 Å². The van der Waals surface area contributed by atoms with E-state index in [-0.39, 0.29) is 0 Å². The molecule has 0 radical (unpaired) electrons. The third-order valence-corrected chi connectivity index (χ3v) is 3.34. The lowest BCUT2D eigenvalue weighted by Gasteiger charge is -2.15. The zero-order chi connectivity index (χ0) is 14.5. The Kier molecular flexibility index (Phi) is 4.02. The van der Waals surface area contributed by atoms with Crippen molar-refractivity contribution in [3.8, 4) is 11.4 Å². The molecule has 0 amide bonds. The summed E-state index contributed by atoms with van der Waals surface area (Å²) >= 11 is 0. The minimum atomic E-state index is 0.623. The number of hydrogen-bond donors (Lipinski definition) is 2. The van der Waals surface area contributed by atoms with Gasteiger partial charge in [-0.1, -0.05) is 24.3 Å². The number of aromatic nitrogens is 6. The predicted octanol–water partition coefficient (Wildman–Crippen LogP) is 1.26. The van der Waals surface area contributed by atoms with E-state index in [4.69, 9.17) is 0 Å². The summed E-state index contributed by atoms with van der Waals surface area (Å²) in [6.45, 7) is 1.86. The molecule has 0 spiro atoms. The van der Waals surface area contributed by atoms with Gasteiger partial charge < -0.3 is 4.90 Å². The van der Waals surface area contributed by atoms with Gasteiger partial charge in [0.25, 0.3) is 0 Å². The molecule has 7 heteroatoms. The Balaban J connectivity index is 1.53. The molecule has 0 saturated carbocycles. The number of H-pyrrole nitrogens is 2. The second kappa shape index (κ2) is 6.27. The second-order valence-corrected chi connectivity index (χ2v) is 5.00. The van der Waals surface area contributed by atoms with Gasteiger partial charge in [-0.15, -0.1) is 10.2 Å². The third kappa shape index (κ3) is 3.51. The summed E-state index contributed by atoms with van der Waals surface area (Å²) in [6.07, 6.45) is 2.77. The van der Waals surface area contributed by atoms with Gasteiger partial charge in [0.2, 0.25) is 5.82 Å². The minimum Gasteiger partial charge on any atom is -0.300 e. The van der Waals surface area contributed by atoms with E-state index in [1.807, 2.05) is 18.2 Å². The lowest BCUT2D eigenvalue weighted by molar-refractivity contribution is 0.327. The van der Waals surface area contributed by atoms with Crippen molar-refractivity contribution in [3.05, 3.63) is 47.8 Å². The molecule has 3 rings (SSSR count). The third-order valence-electron chi connectivity index (χ3n) is 3.34. The van der Waals surface area contributed by atoms with Crippen molar-refractivity contribution < 1.29 is 0 Å². The first-order chi connectivity index (χ1) is 10.3. The first kappa shape index (κ1) is 13.4. The second-order valence-electron chi connectivity index (χ2n) is 5.00. The van der Waals surface area contributed by atoms with Crippen molar-refractivity contribution in [2.45, 2.75) is 13.0 Å². The highest BCUT2D eigenvalue weighted by atomic mass is 15.5. The number of nitrogens with zero attached hydrogens (tertiary/aromatic N) is 5. The molecule has 0 unspecified atom stereocenters. The summed E-state index contributed by atoms with van der Waals surface area (Å²) in [5, 5.41) is 20.9. The molecule has 2 heterocycles. The summed E-state index contributed by atoms with van der Waals surface area (Å²) in [5.74, 6) is 0.623. The molecule has 0 bridgehead atoms. The molecule has 0 fully saturated rings. The van der Waals surface area contributed by atoms with Crippen LogP contribution in [0.15, 0.2) is 36.5 Å². The molecule has 0 saturated heterocycles. The minimum absolute atomic E-state index is 0.623. The van der Waals surface area contributed by atoms with Crippen LogP contribution in [0.5, 0.6) is 0 Å². The van der Waals surface area contributed by atoms with Crippen molar-refractivity contribution in [2.75, 3.05) is 13.6 Å². The number of nitrogens with one attached hydrogen (secondary N) is 2. The van der Waals surface area contributed by atoms with E-state index in [1.165, 1.54) is 5.56 Å². The predicted molar refractivity (Wildman–Crippen MR) is 78.2 cm³/mol. The van der Waals surface area contributed by atoms with Crippen LogP contribution in [0.1, 0.15) is 11.3 Å². The zero-order valence-corrected chi connectivity index (χ0v) is 11.8. The van der Waals surface area contributed by atoms with Crippen LogP contribution in [-0.4, -0.2) is 49.3 Å². The van der Waals surface area contributed by atoms with Crippen LogP contribution in [0.3, 0.4) is 0 Å². The maximum absolute atomic E-state index is 3.97. The van der Waals surface area contributed by atoms with Crippen LogP contribution in [0.25, 0.3) is 11.4 Å². The Hall–Kier alpha value is -2.54. The average Bonchev–Trinajstić information content (AvgIpc) is 3.19. The first-order valence-electron chi connectivity index (χ1n) is 6.81. The smallest absolute Gasteiger partial charge is 0.204 e. The van der Waals surface area contributed by atoms with E-state index < -0.39 is 0 Å². The largest absolute Gasteiger partial charge is 0.300 e.